The highest BCUT2D eigenvalue weighted by Crippen LogP contribution is 2.25. The van der Waals surface area contributed by atoms with Crippen LogP contribution in [0.2, 0.25) is 10.0 Å². The van der Waals surface area contributed by atoms with Gasteiger partial charge in [-0.25, -0.2) is 9.52 Å². The summed E-state index contributed by atoms with van der Waals surface area (Å²) < 4.78 is 32.1. The molecule has 0 aliphatic heterocycles. The molecule has 0 saturated heterocycles. The van der Waals surface area contributed by atoms with E-state index < -0.39 is 21.9 Å². The molecule has 2 N–H and O–H groups in total. The van der Waals surface area contributed by atoms with E-state index in [9.17, 15) is 13.2 Å². The lowest BCUT2D eigenvalue weighted by Gasteiger charge is -2.19. The van der Waals surface area contributed by atoms with Crippen molar-refractivity contribution in [3.8, 4) is 0 Å². The van der Waals surface area contributed by atoms with Crippen LogP contribution in [-0.4, -0.2) is 20.1 Å². The number of carbonyl (C=O) groups is 1. The summed E-state index contributed by atoms with van der Waals surface area (Å²) >= 11 is 11.5. The van der Waals surface area contributed by atoms with Gasteiger partial charge in [-0.2, -0.15) is 8.42 Å². The van der Waals surface area contributed by atoms with E-state index >= 15 is 0 Å². The smallest absolute Gasteiger partial charge is 0.422 e. The topological polar surface area (TPSA) is 84.5 Å². The van der Waals surface area contributed by atoms with Crippen LogP contribution in [0.25, 0.3) is 0 Å². The molecule has 0 unspecified atom stereocenters. The highest BCUT2D eigenvalue weighted by molar-refractivity contribution is 7.91. The molecule has 0 aromatic heterocycles. The van der Waals surface area contributed by atoms with Crippen molar-refractivity contribution in [2.24, 2.45) is 0 Å². The normalized spacial score (nSPS) is 11.8. The molecular formula is C11H14Cl2N2O4S. The zero-order valence-electron chi connectivity index (χ0n) is 11.0. The minimum absolute atomic E-state index is 0.162. The van der Waals surface area contributed by atoms with E-state index in [4.69, 9.17) is 27.9 Å². The van der Waals surface area contributed by atoms with Crippen LogP contribution in [0.1, 0.15) is 20.8 Å². The number of hydrogen-bond acceptors (Lipinski definition) is 4. The van der Waals surface area contributed by atoms with Crippen molar-refractivity contribution in [3.63, 3.8) is 0 Å². The van der Waals surface area contributed by atoms with Crippen LogP contribution < -0.4 is 9.44 Å². The van der Waals surface area contributed by atoms with Crippen molar-refractivity contribution >= 4 is 45.2 Å². The van der Waals surface area contributed by atoms with Crippen molar-refractivity contribution in [1.29, 1.82) is 0 Å². The maximum atomic E-state index is 11.7. The largest absolute Gasteiger partial charge is 0.443 e. The number of halogens is 2. The summed E-state index contributed by atoms with van der Waals surface area (Å²) in [5.74, 6) is 0. The van der Waals surface area contributed by atoms with E-state index in [2.05, 4.69) is 4.72 Å². The number of anilines is 1. The van der Waals surface area contributed by atoms with Crippen LogP contribution in [0.4, 0.5) is 10.5 Å². The van der Waals surface area contributed by atoms with Gasteiger partial charge in [0.25, 0.3) is 0 Å². The van der Waals surface area contributed by atoms with Gasteiger partial charge in [-0.1, -0.05) is 23.2 Å². The summed E-state index contributed by atoms with van der Waals surface area (Å²) in [5.41, 5.74) is -0.640. The molecule has 20 heavy (non-hydrogen) atoms. The van der Waals surface area contributed by atoms with Gasteiger partial charge >= 0.3 is 16.3 Å². The number of rotatable bonds is 3. The number of hydrogen-bond donors (Lipinski definition) is 2. The Labute approximate surface area is 127 Å². The molecular weight excluding hydrogens is 327 g/mol. The molecule has 1 aromatic carbocycles. The molecule has 112 valence electrons. The van der Waals surface area contributed by atoms with Crippen molar-refractivity contribution in [3.05, 3.63) is 28.2 Å². The van der Waals surface area contributed by atoms with Gasteiger partial charge in [-0.15, -0.1) is 0 Å². The fraction of sp³-hybridized carbons (Fsp3) is 0.364. The lowest BCUT2D eigenvalue weighted by atomic mass is 10.2. The van der Waals surface area contributed by atoms with Gasteiger partial charge in [-0.05, 0) is 39.0 Å². The third-order valence-electron chi connectivity index (χ3n) is 1.79. The third-order valence-corrected chi connectivity index (χ3v) is 3.47. The summed E-state index contributed by atoms with van der Waals surface area (Å²) in [6.07, 6.45) is -1.08. The van der Waals surface area contributed by atoms with Crippen LogP contribution in [0.3, 0.4) is 0 Å². The summed E-state index contributed by atoms with van der Waals surface area (Å²) in [4.78, 5) is 11.4. The highest BCUT2D eigenvalue weighted by Gasteiger charge is 2.21. The molecule has 1 amide bonds. The lowest BCUT2D eigenvalue weighted by molar-refractivity contribution is 0.0570. The summed E-state index contributed by atoms with van der Waals surface area (Å²) in [6, 6.07) is 4.15. The number of nitrogens with one attached hydrogen (secondary N) is 2. The Morgan fingerprint density at radius 1 is 1.20 bits per heavy atom. The third kappa shape index (κ3) is 5.85. The average molecular weight is 341 g/mol. The molecule has 1 aromatic rings. The van der Waals surface area contributed by atoms with Gasteiger partial charge in [0.2, 0.25) is 0 Å². The Kier molecular flexibility index (Phi) is 5.12. The fourth-order valence-electron chi connectivity index (χ4n) is 1.15. The molecule has 1 rings (SSSR count). The van der Waals surface area contributed by atoms with E-state index in [1.165, 1.54) is 18.2 Å². The Morgan fingerprint density at radius 3 is 2.30 bits per heavy atom. The maximum absolute atomic E-state index is 11.7. The van der Waals surface area contributed by atoms with Gasteiger partial charge in [0.1, 0.15) is 5.60 Å². The number of benzene rings is 1. The summed E-state index contributed by atoms with van der Waals surface area (Å²) in [6.45, 7) is 4.85. The van der Waals surface area contributed by atoms with Crippen LogP contribution in [-0.2, 0) is 14.9 Å². The molecule has 9 heteroatoms. The molecule has 0 aliphatic rings. The van der Waals surface area contributed by atoms with Crippen LogP contribution in [0.15, 0.2) is 18.2 Å². The van der Waals surface area contributed by atoms with Gasteiger partial charge < -0.3 is 4.74 Å². The number of amides is 1. The van der Waals surface area contributed by atoms with E-state index in [0.29, 0.717) is 0 Å². The second-order valence-corrected chi connectivity index (χ2v) is 7.07. The molecule has 0 atom stereocenters. The Morgan fingerprint density at radius 2 is 1.80 bits per heavy atom. The zero-order valence-corrected chi connectivity index (χ0v) is 13.4. The average Bonchev–Trinajstić information content (AvgIpc) is 2.18. The summed E-state index contributed by atoms with van der Waals surface area (Å²) in [5, 5.41) is 0.471. The fourth-order valence-corrected chi connectivity index (χ4v) is 2.20. The number of carbonyl (C=O) groups excluding carboxylic acids is 1. The molecule has 6 nitrogen and oxygen atoms in total. The second kappa shape index (κ2) is 6.07. The minimum atomic E-state index is -4.11. The van der Waals surface area contributed by atoms with Gasteiger partial charge in [0, 0.05) is 0 Å². The van der Waals surface area contributed by atoms with Crippen molar-refractivity contribution in [2.75, 3.05) is 4.72 Å². The lowest BCUT2D eigenvalue weighted by Crippen LogP contribution is -2.39. The monoisotopic (exact) mass is 340 g/mol. The van der Waals surface area contributed by atoms with Crippen molar-refractivity contribution in [1.82, 2.24) is 4.72 Å². The number of ether oxygens (including phenoxy) is 1. The first-order chi connectivity index (χ1) is 8.98. The predicted octanol–water partition coefficient (Wildman–Crippen LogP) is 3.17. The summed E-state index contributed by atoms with van der Waals surface area (Å²) in [7, 11) is -4.11. The van der Waals surface area contributed by atoms with Crippen molar-refractivity contribution < 1.29 is 17.9 Å². The second-order valence-electron chi connectivity index (χ2n) is 4.84. The minimum Gasteiger partial charge on any atom is -0.443 e. The first-order valence-electron chi connectivity index (χ1n) is 5.47. The quantitative estimate of drug-likeness (QED) is 0.884. The Balaban J connectivity index is 2.75. The molecule has 0 bridgehead atoms. The SMILES string of the molecule is CC(C)(C)OC(=O)NS(=O)(=O)Nc1ccc(Cl)c(Cl)c1. The van der Waals surface area contributed by atoms with Crippen molar-refractivity contribution in [2.45, 2.75) is 26.4 Å². The van der Waals surface area contributed by atoms with E-state index in [-0.39, 0.29) is 15.7 Å². The van der Waals surface area contributed by atoms with E-state index in [1.54, 1.807) is 25.5 Å². The maximum Gasteiger partial charge on any atom is 0.422 e. The van der Waals surface area contributed by atoms with Crippen LogP contribution >= 0.6 is 23.2 Å². The first-order valence-corrected chi connectivity index (χ1v) is 7.71. The van der Waals surface area contributed by atoms with Gasteiger partial charge in [0.15, 0.2) is 0 Å². The highest BCUT2D eigenvalue weighted by atomic mass is 35.5. The Hall–Kier alpha value is -1.18. The van der Waals surface area contributed by atoms with E-state index in [0.717, 1.165) is 0 Å². The standard InChI is InChI=1S/C11H14Cl2N2O4S/c1-11(2,3)19-10(16)15-20(17,18)14-7-4-5-8(12)9(13)6-7/h4-6,14H,1-3H3,(H,15,16). The predicted molar refractivity (Wildman–Crippen MR) is 78.4 cm³/mol. The van der Waals surface area contributed by atoms with Gasteiger partial charge in [-0.3, -0.25) is 4.72 Å². The van der Waals surface area contributed by atoms with E-state index in [1.807, 2.05) is 0 Å². The molecule has 0 fully saturated rings. The molecule has 0 radical (unpaired) electrons. The van der Waals surface area contributed by atoms with Crippen LogP contribution in [0, 0.1) is 0 Å². The zero-order chi connectivity index (χ0) is 15.6. The molecule has 0 heterocycles. The van der Waals surface area contributed by atoms with Crippen LogP contribution in [0.5, 0.6) is 0 Å². The Bertz CT molecular complexity index is 611. The molecule has 0 saturated carbocycles. The van der Waals surface area contributed by atoms with Gasteiger partial charge in [0.05, 0.1) is 15.7 Å². The molecule has 0 spiro atoms. The molecule has 0 aliphatic carbocycles. The first kappa shape index (κ1) is 16.9.